The Bertz CT molecular complexity index is 926. The zero-order chi connectivity index (χ0) is 26.4. The monoisotopic (exact) mass is 509 g/mol. The van der Waals surface area contributed by atoms with Gasteiger partial charge in [0.1, 0.15) is 24.7 Å². The molecule has 1 unspecified atom stereocenters. The van der Waals surface area contributed by atoms with Crippen LogP contribution < -0.4 is 9.47 Å². The van der Waals surface area contributed by atoms with Crippen LogP contribution in [0.15, 0.2) is 54.6 Å². The lowest BCUT2D eigenvalue weighted by Crippen LogP contribution is -2.39. The van der Waals surface area contributed by atoms with Gasteiger partial charge in [-0.05, 0) is 36.8 Å². The van der Waals surface area contributed by atoms with Crippen LogP contribution in [-0.4, -0.2) is 73.6 Å². The Morgan fingerprint density at radius 1 is 0.972 bits per heavy atom. The van der Waals surface area contributed by atoms with Gasteiger partial charge in [0.05, 0.1) is 13.2 Å². The van der Waals surface area contributed by atoms with Crippen molar-refractivity contribution in [3.63, 3.8) is 0 Å². The average molecular weight is 510 g/mol. The van der Waals surface area contributed by atoms with Crippen molar-refractivity contribution in [2.45, 2.75) is 38.7 Å². The van der Waals surface area contributed by atoms with Gasteiger partial charge >= 0.3 is 12.1 Å². The molecule has 1 N–H and O–H groups in total. The number of carboxylic acid groups (broad SMARTS) is 1. The van der Waals surface area contributed by atoms with Gasteiger partial charge in [0.2, 0.25) is 0 Å². The molecule has 0 bridgehead atoms. The molecule has 0 spiro atoms. The minimum absolute atomic E-state index is 0.0434. The van der Waals surface area contributed by atoms with E-state index in [2.05, 4.69) is 0 Å². The summed E-state index contributed by atoms with van der Waals surface area (Å²) in [5.74, 6) is -3.06. The molecule has 2 rings (SSSR count). The number of aliphatic carboxylic acids is 1. The normalized spacial score (nSPS) is 12.1. The third-order valence-corrected chi connectivity index (χ3v) is 5.16. The lowest BCUT2D eigenvalue weighted by Gasteiger charge is -2.23. The predicted octanol–water partition coefficient (Wildman–Crippen LogP) is 4.66. The number of benzene rings is 2. The summed E-state index contributed by atoms with van der Waals surface area (Å²) in [6, 6.07) is 15.4. The number of amides is 1. The zero-order valence-electron chi connectivity index (χ0n) is 20.5. The van der Waals surface area contributed by atoms with Crippen LogP contribution in [0.1, 0.15) is 25.8 Å². The molecule has 0 aliphatic carbocycles. The molecule has 0 heterocycles. The lowest BCUT2D eigenvalue weighted by atomic mass is 10.1. The van der Waals surface area contributed by atoms with E-state index in [0.717, 1.165) is 5.56 Å². The highest BCUT2D eigenvalue weighted by molar-refractivity contribution is 5.72. The molecule has 1 atom stereocenters. The molecule has 2 aromatic rings. The molecule has 8 nitrogen and oxygen atoms in total. The zero-order valence-corrected chi connectivity index (χ0v) is 20.5. The standard InChI is InChI=1S/C26H33F2NO7/c1-3-26(27,28)19-33-16-14-29(25(32)36-22-8-6-5-7-9-22)15-17-35-21-12-10-20(11-13-21)18-23(24(30)31)34-4-2/h5-13,23H,3-4,14-19H2,1-2H3,(H,30,31). The number of nitrogens with zero attached hydrogens (tertiary/aromatic N) is 1. The molecular formula is C26H33F2NO7. The van der Waals surface area contributed by atoms with Crippen molar-refractivity contribution in [1.82, 2.24) is 4.90 Å². The molecule has 10 heteroatoms. The minimum Gasteiger partial charge on any atom is -0.492 e. The molecule has 198 valence electrons. The van der Waals surface area contributed by atoms with E-state index in [-0.39, 0.29) is 39.1 Å². The third-order valence-electron chi connectivity index (χ3n) is 5.16. The summed E-state index contributed by atoms with van der Waals surface area (Å²) in [5.41, 5.74) is 0.775. The van der Waals surface area contributed by atoms with Gasteiger partial charge in [-0.3, -0.25) is 0 Å². The van der Waals surface area contributed by atoms with Gasteiger partial charge in [0.15, 0.2) is 6.10 Å². The maximum Gasteiger partial charge on any atom is 0.415 e. The highest BCUT2D eigenvalue weighted by Crippen LogP contribution is 2.18. The number of hydrogen-bond donors (Lipinski definition) is 1. The number of para-hydroxylation sites is 1. The molecule has 36 heavy (non-hydrogen) atoms. The molecule has 2 aromatic carbocycles. The fourth-order valence-corrected chi connectivity index (χ4v) is 3.07. The highest BCUT2D eigenvalue weighted by atomic mass is 19.3. The summed E-state index contributed by atoms with van der Waals surface area (Å²) < 4.78 is 48.2. The Labute approximate surface area is 209 Å². The predicted molar refractivity (Wildman–Crippen MR) is 129 cm³/mol. The summed E-state index contributed by atoms with van der Waals surface area (Å²) in [5, 5.41) is 9.22. The van der Waals surface area contributed by atoms with Crippen molar-refractivity contribution in [2.75, 3.05) is 39.5 Å². The van der Waals surface area contributed by atoms with Crippen LogP contribution in [-0.2, 0) is 20.7 Å². The van der Waals surface area contributed by atoms with E-state index in [1.54, 1.807) is 61.5 Å². The van der Waals surface area contributed by atoms with Crippen molar-refractivity contribution < 1.29 is 42.4 Å². The number of carboxylic acids is 1. The number of carbonyl (C=O) groups excluding carboxylic acids is 1. The summed E-state index contributed by atoms with van der Waals surface area (Å²) in [6.07, 6.45) is -1.69. The van der Waals surface area contributed by atoms with E-state index in [1.165, 1.54) is 11.8 Å². The molecule has 0 fully saturated rings. The van der Waals surface area contributed by atoms with Gasteiger partial charge in [-0.1, -0.05) is 37.3 Å². The second-order valence-electron chi connectivity index (χ2n) is 7.91. The summed E-state index contributed by atoms with van der Waals surface area (Å²) in [6.45, 7) is 2.89. The first-order chi connectivity index (χ1) is 17.2. The van der Waals surface area contributed by atoms with E-state index in [1.807, 2.05) is 0 Å². The Morgan fingerprint density at radius 3 is 2.25 bits per heavy atom. The molecule has 0 aliphatic heterocycles. The van der Waals surface area contributed by atoms with Crippen molar-refractivity contribution in [1.29, 1.82) is 0 Å². The van der Waals surface area contributed by atoms with Crippen molar-refractivity contribution in [2.24, 2.45) is 0 Å². The van der Waals surface area contributed by atoms with Gasteiger partial charge in [0.25, 0.3) is 5.92 Å². The molecule has 0 aliphatic rings. The van der Waals surface area contributed by atoms with Crippen molar-refractivity contribution in [3.05, 3.63) is 60.2 Å². The summed E-state index contributed by atoms with van der Waals surface area (Å²) >= 11 is 0. The fraction of sp³-hybridized carbons (Fsp3) is 0.462. The van der Waals surface area contributed by atoms with Crippen LogP contribution >= 0.6 is 0 Å². The molecule has 0 saturated heterocycles. The number of alkyl halides is 2. The van der Waals surface area contributed by atoms with Crippen LogP contribution in [0.25, 0.3) is 0 Å². The number of carbonyl (C=O) groups is 2. The Hall–Kier alpha value is -3.24. The van der Waals surface area contributed by atoms with Gasteiger partial charge in [-0.25, -0.2) is 18.4 Å². The third kappa shape index (κ3) is 10.6. The molecular weight excluding hydrogens is 476 g/mol. The maximum atomic E-state index is 13.4. The topological polar surface area (TPSA) is 94.5 Å². The quantitative estimate of drug-likeness (QED) is 0.329. The smallest absolute Gasteiger partial charge is 0.415 e. The van der Waals surface area contributed by atoms with E-state index in [0.29, 0.717) is 18.1 Å². The second kappa shape index (κ2) is 15.0. The van der Waals surface area contributed by atoms with Crippen LogP contribution in [0, 0.1) is 0 Å². The highest BCUT2D eigenvalue weighted by Gasteiger charge is 2.26. The van der Waals surface area contributed by atoms with Crippen LogP contribution in [0.4, 0.5) is 13.6 Å². The molecule has 1 amide bonds. The number of hydrogen-bond acceptors (Lipinski definition) is 6. The van der Waals surface area contributed by atoms with Crippen molar-refractivity contribution >= 4 is 12.1 Å². The Kier molecular flexibility index (Phi) is 12.1. The molecule has 0 radical (unpaired) electrons. The summed E-state index contributed by atoms with van der Waals surface area (Å²) in [4.78, 5) is 25.2. The van der Waals surface area contributed by atoms with Gasteiger partial charge in [-0.2, -0.15) is 0 Å². The van der Waals surface area contributed by atoms with Crippen LogP contribution in [0.5, 0.6) is 11.5 Å². The largest absolute Gasteiger partial charge is 0.492 e. The minimum atomic E-state index is -2.92. The Morgan fingerprint density at radius 2 is 1.64 bits per heavy atom. The number of ether oxygens (including phenoxy) is 4. The van der Waals surface area contributed by atoms with E-state index in [4.69, 9.17) is 18.9 Å². The lowest BCUT2D eigenvalue weighted by molar-refractivity contribution is -0.149. The van der Waals surface area contributed by atoms with Gasteiger partial charge in [-0.15, -0.1) is 0 Å². The number of halogens is 2. The average Bonchev–Trinajstić information content (AvgIpc) is 2.86. The van der Waals surface area contributed by atoms with E-state index >= 15 is 0 Å². The first kappa shape index (κ1) is 29.0. The van der Waals surface area contributed by atoms with Gasteiger partial charge in [0, 0.05) is 26.0 Å². The Balaban J connectivity index is 1.90. The molecule has 0 aromatic heterocycles. The van der Waals surface area contributed by atoms with Crippen LogP contribution in [0.2, 0.25) is 0 Å². The van der Waals surface area contributed by atoms with E-state index < -0.39 is 30.7 Å². The number of rotatable bonds is 16. The summed E-state index contributed by atoms with van der Waals surface area (Å²) in [7, 11) is 0. The maximum absolute atomic E-state index is 13.4. The SMILES string of the molecule is CCOC(Cc1ccc(OCCN(CCOCC(F)(F)CC)C(=O)Oc2ccccc2)cc1)C(=O)O. The molecule has 0 saturated carbocycles. The first-order valence-electron chi connectivity index (χ1n) is 11.8. The second-order valence-corrected chi connectivity index (χ2v) is 7.91. The first-order valence-corrected chi connectivity index (χ1v) is 11.8. The van der Waals surface area contributed by atoms with Gasteiger partial charge < -0.3 is 29.0 Å². The fourth-order valence-electron chi connectivity index (χ4n) is 3.07. The van der Waals surface area contributed by atoms with Crippen molar-refractivity contribution in [3.8, 4) is 11.5 Å². The van der Waals surface area contributed by atoms with E-state index in [9.17, 15) is 23.5 Å². The van der Waals surface area contributed by atoms with Crippen LogP contribution in [0.3, 0.4) is 0 Å².